The second-order valence-corrected chi connectivity index (χ2v) is 0. The van der Waals surface area contributed by atoms with Gasteiger partial charge in [0, 0.05) is 28.3 Å². The van der Waals surface area contributed by atoms with Gasteiger partial charge in [-0.15, -0.1) is 0 Å². The summed E-state index contributed by atoms with van der Waals surface area (Å²) in [6.07, 6.45) is 0. The summed E-state index contributed by atoms with van der Waals surface area (Å²) in [5.74, 6) is 0. The predicted molar refractivity (Wildman–Crippen MR) is 25.9 cm³/mol. The van der Waals surface area contributed by atoms with Gasteiger partial charge in [0.05, 0.1) is 0 Å². The van der Waals surface area contributed by atoms with Crippen molar-refractivity contribution in [2.45, 2.75) is 0 Å². The maximum atomic E-state index is 0. The van der Waals surface area contributed by atoms with E-state index in [9.17, 15) is 0 Å². The molecular formula is H2AlCaMgOSi. The molecule has 0 aromatic rings. The van der Waals surface area contributed by atoms with E-state index >= 15 is 0 Å². The van der Waals surface area contributed by atoms with Crippen molar-refractivity contribution in [3.8, 4) is 0 Å². The first kappa shape index (κ1) is 46.9. The zero-order valence-electron chi connectivity index (χ0n) is 4.90. The largest absolute Gasteiger partial charge is 2.00 e. The van der Waals surface area contributed by atoms with Crippen molar-refractivity contribution < 1.29 is 8.33 Å². The summed E-state index contributed by atoms with van der Waals surface area (Å²) in [7, 11) is 0. The van der Waals surface area contributed by atoms with Crippen LogP contribution in [0.5, 0.6) is 0 Å². The van der Waals surface area contributed by atoms with Crippen LogP contribution in [0.3, 0.4) is 0 Å². The first-order chi connectivity index (χ1) is 0. The molecule has 0 rings (SSSR count). The first-order valence-corrected chi connectivity index (χ1v) is 0. The third-order valence-corrected chi connectivity index (χ3v) is 0. The van der Waals surface area contributed by atoms with Gasteiger partial charge in [-0.25, -0.2) is 0 Å². The average Bonchev–Trinajstić information content (AvgIpc) is 0. The summed E-state index contributed by atoms with van der Waals surface area (Å²) in [4.78, 5) is 0. The Labute approximate surface area is 95.9 Å². The minimum Gasteiger partial charge on any atom is -2.00 e. The second kappa shape index (κ2) is 29.6. The maximum absolute atomic E-state index is 0. The van der Waals surface area contributed by atoms with E-state index in [1.165, 1.54) is 0 Å². The molecule has 0 atom stereocenters. The Hall–Kier alpha value is 2.74. The van der Waals surface area contributed by atoms with E-state index in [-0.39, 0.29) is 97.4 Å². The van der Waals surface area contributed by atoms with Crippen molar-refractivity contribution >= 4 is 89.1 Å². The van der Waals surface area contributed by atoms with Gasteiger partial charge in [0.1, 0.15) is 0 Å². The molecule has 0 amide bonds. The molecule has 0 N–H and O–H groups in total. The van der Waals surface area contributed by atoms with Gasteiger partial charge in [0.15, 0.2) is 0 Å². The van der Waals surface area contributed by atoms with Crippen molar-refractivity contribution in [2.24, 2.45) is 0 Å². The van der Waals surface area contributed by atoms with Crippen molar-refractivity contribution in [3.05, 3.63) is 0 Å². The van der Waals surface area contributed by atoms with Crippen LogP contribution in [0, 0.1) is 0 Å². The van der Waals surface area contributed by atoms with Crippen LogP contribution in [-0.4, -0.2) is 89.1 Å². The van der Waals surface area contributed by atoms with Crippen molar-refractivity contribution in [3.63, 3.8) is 0 Å². The normalized spacial score (nSPS) is 0. The zero-order chi connectivity index (χ0) is 0. The van der Waals surface area contributed by atoms with Crippen LogP contribution in [0.2, 0.25) is 0 Å². The minimum atomic E-state index is 0. The van der Waals surface area contributed by atoms with Gasteiger partial charge in [0.2, 0.25) is 0 Å². The van der Waals surface area contributed by atoms with Gasteiger partial charge in [-0.3, -0.25) is 0 Å². The van der Waals surface area contributed by atoms with E-state index in [1.54, 1.807) is 0 Å². The molecule has 1 nitrogen and oxygen atoms in total. The summed E-state index contributed by atoms with van der Waals surface area (Å²) in [6, 6.07) is 0. The van der Waals surface area contributed by atoms with Crippen LogP contribution in [0.1, 0.15) is 2.85 Å². The van der Waals surface area contributed by atoms with Gasteiger partial charge in [-0.1, -0.05) is 0 Å². The molecule has 5 heteroatoms. The second-order valence-electron chi connectivity index (χ2n) is 0. The fourth-order valence-electron chi connectivity index (χ4n) is 0. The smallest absolute Gasteiger partial charge is 2.00 e. The summed E-state index contributed by atoms with van der Waals surface area (Å²) in [5.41, 5.74) is 0. The first-order valence-electron chi connectivity index (χ1n) is 0. The van der Waals surface area contributed by atoms with Crippen LogP contribution in [0.15, 0.2) is 0 Å². The average molecular weight is 137 g/mol. The molecule has 19 valence electrons. The molecule has 0 bridgehead atoms. The van der Waals surface area contributed by atoms with E-state index in [0.717, 1.165) is 0 Å². The number of hydrogen-bond acceptors (Lipinski definition) is 0. The molecule has 7 radical (unpaired) electrons. The van der Waals surface area contributed by atoms with Crippen LogP contribution >= 0.6 is 0 Å². The zero-order valence-corrected chi connectivity index (χ0v) is 8.68. The summed E-state index contributed by atoms with van der Waals surface area (Å²) >= 11 is 0. The SMILES string of the molecule is [Al].[Ca+2].[H-].[H-].[Mg+2].[O-2].[Si]. The third kappa shape index (κ3) is 20.2. The molecule has 0 unspecified atom stereocenters. The molecule has 0 aromatic carbocycles. The van der Waals surface area contributed by atoms with Crippen molar-refractivity contribution in [1.82, 2.24) is 0 Å². The van der Waals surface area contributed by atoms with Gasteiger partial charge in [-0.05, 0) is 0 Å². The maximum Gasteiger partial charge on any atom is 2.00 e. The molecule has 0 aliphatic carbocycles. The topological polar surface area (TPSA) is 28.5 Å². The van der Waals surface area contributed by atoms with Crippen LogP contribution < -0.4 is 0 Å². The molecule has 0 aliphatic heterocycles. The molecular weight excluding hydrogens is 135 g/mol. The van der Waals surface area contributed by atoms with Crippen LogP contribution in [0.4, 0.5) is 0 Å². The molecule has 0 fully saturated rings. The van der Waals surface area contributed by atoms with Gasteiger partial charge in [-0.2, -0.15) is 0 Å². The minimum absolute atomic E-state index is 0. The summed E-state index contributed by atoms with van der Waals surface area (Å²) in [6.45, 7) is 0. The number of rotatable bonds is 0. The van der Waals surface area contributed by atoms with Gasteiger partial charge < -0.3 is 8.33 Å². The van der Waals surface area contributed by atoms with E-state index < -0.39 is 0 Å². The van der Waals surface area contributed by atoms with E-state index in [4.69, 9.17) is 0 Å². The van der Waals surface area contributed by atoms with Gasteiger partial charge in [0.25, 0.3) is 0 Å². The Kier molecular flexibility index (Phi) is 278. The Morgan fingerprint density at radius 1 is 1.20 bits per heavy atom. The summed E-state index contributed by atoms with van der Waals surface area (Å²) in [5, 5.41) is 0. The molecule has 0 spiro atoms. The van der Waals surface area contributed by atoms with Gasteiger partial charge >= 0.3 is 60.8 Å². The predicted octanol–water partition coefficient (Wildman–Crippen LogP) is -1.42. The van der Waals surface area contributed by atoms with Crippen molar-refractivity contribution in [1.29, 1.82) is 0 Å². The third-order valence-electron chi connectivity index (χ3n) is 0. The number of hydrogen-bond donors (Lipinski definition) is 0. The van der Waals surface area contributed by atoms with E-state index in [1.807, 2.05) is 0 Å². The van der Waals surface area contributed by atoms with Crippen molar-refractivity contribution in [2.75, 3.05) is 0 Å². The Bertz CT molecular complexity index is 17.7. The molecule has 0 aromatic heterocycles. The Morgan fingerprint density at radius 3 is 1.20 bits per heavy atom. The fraction of sp³-hybridized carbons (Fsp3) is 0. The Balaban J connectivity index is 0. The molecule has 0 aliphatic rings. The standard InChI is InChI=1S/Al.Ca.Mg.O.Si.2H/q;2*+2;-2;;2*-1. The molecule has 5 heavy (non-hydrogen) atoms. The monoisotopic (exact) mass is 137 g/mol. The van der Waals surface area contributed by atoms with Crippen LogP contribution in [-0.2, 0) is 5.48 Å². The van der Waals surface area contributed by atoms with Crippen LogP contribution in [0.25, 0.3) is 0 Å². The van der Waals surface area contributed by atoms with E-state index in [2.05, 4.69) is 0 Å². The quantitative estimate of drug-likeness (QED) is 0.367. The van der Waals surface area contributed by atoms with E-state index in [0.29, 0.717) is 0 Å². The fourth-order valence-corrected chi connectivity index (χ4v) is 0. The molecule has 0 saturated heterocycles. The Morgan fingerprint density at radius 2 is 1.20 bits per heavy atom. The molecule has 0 saturated carbocycles. The summed E-state index contributed by atoms with van der Waals surface area (Å²) < 4.78 is 0. The molecule has 0 heterocycles.